The fraction of sp³-hybridized carbons (Fsp3) is 0.462. The van der Waals surface area contributed by atoms with E-state index < -0.39 is 73.0 Å². The maximum absolute atomic E-state index is 12.3. The molecular weight excluding hydrogens is 718 g/mol. The maximum Gasteiger partial charge on any atom is 0.317 e. The number of nitrogens with zero attached hydrogens (tertiary/aromatic N) is 1. The second-order valence-corrected chi connectivity index (χ2v) is 14.5. The van der Waals surface area contributed by atoms with Gasteiger partial charge in [-0.3, -0.25) is 14.6 Å². The lowest BCUT2D eigenvalue weighted by atomic mass is 9.72. The fourth-order valence-corrected chi connectivity index (χ4v) is 8.79. The van der Waals surface area contributed by atoms with Crippen LogP contribution in [0.15, 0.2) is 53.5 Å². The number of carboxylic acids is 1. The Balaban J connectivity index is 1.23. The molecule has 1 saturated carbocycles. The molecule has 3 aromatic rings. The second-order valence-electron chi connectivity index (χ2n) is 14.5. The average molecular weight is 762 g/mol. The molecule has 8 atom stereocenters. The molecule has 4 aliphatic heterocycles. The number of aliphatic hydroxyl groups excluding tert-OH is 3. The third kappa shape index (κ3) is 6.22. The molecule has 16 heteroatoms. The van der Waals surface area contributed by atoms with Crippen LogP contribution in [0.2, 0.25) is 0 Å². The Morgan fingerprint density at radius 1 is 1.00 bits per heavy atom. The summed E-state index contributed by atoms with van der Waals surface area (Å²) in [6, 6.07) is 15.1. The van der Waals surface area contributed by atoms with Crippen LogP contribution in [-0.2, 0) is 19.1 Å². The lowest BCUT2D eigenvalue weighted by molar-refractivity contribution is -0.291. The summed E-state index contributed by atoms with van der Waals surface area (Å²) in [6.45, 7) is 0.342. The molecule has 16 nitrogen and oxygen atoms in total. The SMILES string of the molecule is COc1ccc2c(c1OC)O[C@H]1c3c(cc(O[C@@H]4O[C@H]([C@H](OC(=O)CC(=O)O)C(N)N)[C@@H](O)[C@H](O)[C@H]4O)cc3C3=c4ccccc4=NC3)OC3(CCCC3)[C@@H]21. The van der Waals surface area contributed by atoms with Crippen LogP contribution in [0.4, 0.5) is 0 Å². The van der Waals surface area contributed by atoms with Gasteiger partial charge in [0, 0.05) is 22.4 Å². The van der Waals surface area contributed by atoms with Crippen LogP contribution in [0.1, 0.15) is 60.8 Å². The Bertz CT molecular complexity index is 2140. The lowest BCUT2D eigenvalue weighted by Crippen LogP contribution is -2.66. The summed E-state index contributed by atoms with van der Waals surface area (Å²) in [4.78, 5) is 28.2. The molecule has 0 amide bonds. The molecule has 2 fully saturated rings. The van der Waals surface area contributed by atoms with Crippen LogP contribution >= 0.6 is 0 Å². The van der Waals surface area contributed by atoms with E-state index in [4.69, 9.17) is 54.7 Å². The van der Waals surface area contributed by atoms with Gasteiger partial charge in [0.05, 0.1) is 38.2 Å². The van der Waals surface area contributed by atoms with Crippen LogP contribution in [0.3, 0.4) is 0 Å². The molecule has 0 bridgehead atoms. The fourth-order valence-electron chi connectivity index (χ4n) is 8.79. The number of aliphatic hydroxyl groups is 3. The number of benzene rings is 3. The quantitative estimate of drug-likeness (QED) is 0.0923. The molecule has 0 unspecified atom stereocenters. The van der Waals surface area contributed by atoms with Crippen molar-refractivity contribution in [2.75, 3.05) is 20.8 Å². The predicted octanol–water partition coefficient (Wildman–Crippen LogP) is 0.275. The Labute approximate surface area is 314 Å². The molecule has 4 heterocycles. The predicted molar refractivity (Wildman–Crippen MR) is 190 cm³/mol. The first kappa shape index (κ1) is 37.0. The summed E-state index contributed by atoms with van der Waals surface area (Å²) in [6.07, 6.45) is -10.0. The topological polar surface area (TPSA) is 244 Å². The number of hydrogen-bond acceptors (Lipinski definition) is 15. The van der Waals surface area contributed by atoms with Gasteiger partial charge in [0.25, 0.3) is 0 Å². The van der Waals surface area contributed by atoms with Gasteiger partial charge in [-0.25, -0.2) is 0 Å². The summed E-state index contributed by atoms with van der Waals surface area (Å²) in [5.41, 5.74) is 14.4. The van der Waals surface area contributed by atoms with E-state index in [1.54, 1.807) is 26.4 Å². The molecule has 8 N–H and O–H groups in total. The lowest BCUT2D eigenvalue weighted by Gasteiger charge is -2.45. The summed E-state index contributed by atoms with van der Waals surface area (Å²) < 4.78 is 43.0. The van der Waals surface area contributed by atoms with Crippen molar-refractivity contribution in [1.29, 1.82) is 0 Å². The van der Waals surface area contributed by atoms with Gasteiger partial charge in [0.1, 0.15) is 54.0 Å². The molecule has 292 valence electrons. The van der Waals surface area contributed by atoms with E-state index in [1.807, 2.05) is 36.4 Å². The molecule has 5 aliphatic rings. The van der Waals surface area contributed by atoms with E-state index >= 15 is 0 Å². The van der Waals surface area contributed by atoms with Gasteiger partial charge in [0.2, 0.25) is 12.0 Å². The minimum atomic E-state index is -1.87. The molecule has 1 aliphatic carbocycles. The van der Waals surface area contributed by atoms with E-state index in [2.05, 4.69) is 0 Å². The zero-order valence-corrected chi connectivity index (χ0v) is 30.1. The zero-order valence-electron chi connectivity index (χ0n) is 30.1. The molecule has 1 spiro atoms. The van der Waals surface area contributed by atoms with Crippen LogP contribution in [-0.4, -0.2) is 102 Å². The first-order chi connectivity index (χ1) is 26.4. The van der Waals surface area contributed by atoms with Crippen molar-refractivity contribution >= 4 is 17.5 Å². The number of para-hydroxylation sites is 1. The summed E-state index contributed by atoms with van der Waals surface area (Å²) in [5, 5.41) is 43.8. The van der Waals surface area contributed by atoms with Gasteiger partial charge < -0.3 is 65.1 Å². The number of nitrogens with two attached hydrogens (primary N) is 2. The maximum atomic E-state index is 12.3. The van der Waals surface area contributed by atoms with Gasteiger partial charge in [-0.1, -0.05) is 24.3 Å². The van der Waals surface area contributed by atoms with Crippen LogP contribution in [0.5, 0.6) is 28.7 Å². The van der Waals surface area contributed by atoms with Crippen LogP contribution in [0, 0.1) is 0 Å². The van der Waals surface area contributed by atoms with E-state index in [-0.39, 0.29) is 11.7 Å². The number of carbonyl (C=O) groups excluding carboxylic acids is 1. The van der Waals surface area contributed by atoms with E-state index in [1.165, 1.54) is 0 Å². The van der Waals surface area contributed by atoms with Gasteiger partial charge in [-0.05, 0) is 55.0 Å². The van der Waals surface area contributed by atoms with Crippen molar-refractivity contribution in [3.63, 3.8) is 0 Å². The molecular formula is C39H43N3O13. The number of ether oxygens (including phenoxy) is 7. The Morgan fingerprint density at radius 3 is 2.47 bits per heavy atom. The minimum absolute atomic E-state index is 0.176. The van der Waals surface area contributed by atoms with Crippen molar-refractivity contribution < 1.29 is 63.2 Å². The second kappa shape index (κ2) is 14.3. The Hall–Kier alpha value is -4.97. The largest absolute Gasteiger partial charge is 0.493 e. The Kier molecular flexibility index (Phi) is 9.59. The standard InChI is InChI=1S/C39H43N3O13/c1-49-23-10-9-19-28-34(53-32(19)33(23)50-2)27-20(21-16-42-22-8-4-3-7-18(21)22)13-17(14-24(27)55-39(28)11-5-6-12-39)51-38-31(48)29(46)30(47)35(54-38)36(37(40)41)52-26(45)15-25(43)44/h3-4,7-10,13-14,28-31,34-38,46-48H,5-6,11-12,15-16,40-41H2,1-2H3,(H,43,44)/t28-,29-,30-,31+,34-,35-,36-,38+/m0/s1. The summed E-state index contributed by atoms with van der Waals surface area (Å²) in [5.74, 6) is -0.589. The first-order valence-electron chi connectivity index (χ1n) is 18.1. The third-order valence-corrected chi connectivity index (χ3v) is 11.2. The normalized spacial score (nSPS) is 27.5. The van der Waals surface area contributed by atoms with Crippen molar-refractivity contribution in [3.05, 3.63) is 75.8 Å². The highest BCUT2D eigenvalue weighted by Crippen LogP contribution is 2.65. The number of carbonyl (C=O) groups is 2. The highest BCUT2D eigenvalue weighted by Gasteiger charge is 2.58. The van der Waals surface area contributed by atoms with Gasteiger partial charge in [0.15, 0.2) is 17.6 Å². The first-order valence-corrected chi connectivity index (χ1v) is 18.1. The smallest absolute Gasteiger partial charge is 0.317 e. The van der Waals surface area contributed by atoms with Crippen molar-refractivity contribution in [2.45, 2.75) is 92.7 Å². The third-order valence-electron chi connectivity index (χ3n) is 11.2. The highest BCUT2D eigenvalue weighted by atomic mass is 16.7. The van der Waals surface area contributed by atoms with E-state index in [9.17, 15) is 24.9 Å². The number of carboxylic acid groups (broad SMARTS) is 1. The number of esters is 1. The zero-order chi connectivity index (χ0) is 38.8. The Morgan fingerprint density at radius 2 is 1.76 bits per heavy atom. The monoisotopic (exact) mass is 761 g/mol. The molecule has 55 heavy (non-hydrogen) atoms. The number of fused-ring (bicyclic) bond motifs is 7. The van der Waals surface area contributed by atoms with E-state index in [0.717, 1.165) is 58.5 Å². The molecule has 1 saturated heterocycles. The van der Waals surface area contributed by atoms with Crippen LogP contribution in [0.25, 0.3) is 5.57 Å². The van der Waals surface area contributed by atoms with Crippen molar-refractivity contribution in [1.82, 2.24) is 0 Å². The average Bonchev–Trinajstić information content (AvgIpc) is 3.91. The van der Waals surface area contributed by atoms with E-state index in [0.29, 0.717) is 29.5 Å². The molecule has 0 radical (unpaired) electrons. The van der Waals surface area contributed by atoms with Crippen molar-refractivity contribution in [3.8, 4) is 28.7 Å². The number of rotatable bonds is 10. The molecule has 3 aromatic carbocycles. The van der Waals surface area contributed by atoms with Crippen LogP contribution < -0.4 is 45.7 Å². The number of hydrogen-bond donors (Lipinski definition) is 6. The summed E-state index contributed by atoms with van der Waals surface area (Å²) in [7, 11) is 3.15. The van der Waals surface area contributed by atoms with Gasteiger partial charge >= 0.3 is 11.9 Å². The van der Waals surface area contributed by atoms with Crippen molar-refractivity contribution in [2.24, 2.45) is 16.5 Å². The minimum Gasteiger partial charge on any atom is -0.493 e. The number of aliphatic carboxylic acids is 1. The molecule has 8 rings (SSSR count). The number of methoxy groups -OCH3 is 2. The summed E-state index contributed by atoms with van der Waals surface area (Å²) >= 11 is 0. The molecule has 0 aromatic heterocycles. The van der Waals surface area contributed by atoms with Gasteiger partial charge in [-0.15, -0.1) is 0 Å². The highest BCUT2D eigenvalue weighted by molar-refractivity contribution is 5.90. The van der Waals surface area contributed by atoms with Gasteiger partial charge in [-0.2, -0.15) is 0 Å².